The van der Waals surface area contributed by atoms with E-state index in [1.165, 1.54) is 18.5 Å². The summed E-state index contributed by atoms with van der Waals surface area (Å²) in [5.74, 6) is 0.420. The minimum absolute atomic E-state index is 0.0349. The Morgan fingerprint density at radius 3 is 2.61 bits per heavy atom. The second-order valence-electron chi connectivity index (χ2n) is 6.30. The maximum Gasteiger partial charge on any atom is 0.267 e. The third-order valence-corrected chi connectivity index (χ3v) is 3.24. The van der Waals surface area contributed by atoms with Crippen LogP contribution in [0.2, 0.25) is 0 Å². The van der Waals surface area contributed by atoms with E-state index in [0.29, 0.717) is 17.3 Å². The second-order valence-corrected chi connectivity index (χ2v) is 6.30. The Bertz CT molecular complexity index is 629. The number of aromatic amines is 1. The van der Waals surface area contributed by atoms with Crippen molar-refractivity contribution < 1.29 is 13.5 Å². The Balaban J connectivity index is 2.18. The standard InChI is InChI=1S/C15H21F2N5O/c1-9(2)5-15(3,18)8-23-13-7-19-11(4-10(13)14(16)17)12-6-20-22-21-12/h4,6-7,9,14H,5,8,18H2,1-3H3,(H,20,21,22)/t15-/m0/s1. The van der Waals surface area contributed by atoms with Crippen LogP contribution in [0, 0.1) is 5.92 Å². The van der Waals surface area contributed by atoms with Crippen LogP contribution in [-0.4, -0.2) is 32.5 Å². The van der Waals surface area contributed by atoms with E-state index in [-0.39, 0.29) is 17.9 Å². The highest BCUT2D eigenvalue weighted by Crippen LogP contribution is 2.31. The van der Waals surface area contributed by atoms with Crippen LogP contribution in [0.25, 0.3) is 11.4 Å². The first-order valence-corrected chi connectivity index (χ1v) is 7.34. The number of rotatable bonds is 7. The van der Waals surface area contributed by atoms with Crippen molar-refractivity contribution in [1.29, 1.82) is 0 Å². The number of aromatic nitrogens is 4. The molecule has 23 heavy (non-hydrogen) atoms. The summed E-state index contributed by atoms with van der Waals surface area (Å²) in [6, 6.07) is 1.26. The maximum absolute atomic E-state index is 13.3. The second kappa shape index (κ2) is 6.99. The molecule has 0 aliphatic carbocycles. The minimum Gasteiger partial charge on any atom is -0.490 e. The van der Waals surface area contributed by atoms with Crippen molar-refractivity contribution in [2.24, 2.45) is 11.7 Å². The fourth-order valence-electron chi connectivity index (χ4n) is 2.45. The molecule has 0 spiro atoms. The van der Waals surface area contributed by atoms with Crippen molar-refractivity contribution >= 4 is 0 Å². The molecule has 0 saturated heterocycles. The van der Waals surface area contributed by atoms with Gasteiger partial charge in [-0.2, -0.15) is 15.4 Å². The van der Waals surface area contributed by atoms with Crippen LogP contribution < -0.4 is 10.5 Å². The molecule has 1 atom stereocenters. The predicted molar refractivity (Wildman–Crippen MR) is 82.1 cm³/mol. The van der Waals surface area contributed by atoms with Crippen molar-refractivity contribution in [3.8, 4) is 17.1 Å². The summed E-state index contributed by atoms with van der Waals surface area (Å²) in [4.78, 5) is 4.10. The lowest BCUT2D eigenvalue weighted by Crippen LogP contribution is -2.43. The predicted octanol–water partition coefficient (Wildman–Crippen LogP) is 2.95. The number of nitrogens with one attached hydrogen (secondary N) is 1. The lowest BCUT2D eigenvalue weighted by molar-refractivity contribution is 0.139. The van der Waals surface area contributed by atoms with E-state index in [1.54, 1.807) is 0 Å². The topological polar surface area (TPSA) is 89.7 Å². The number of hydrogen-bond donors (Lipinski definition) is 2. The summed E-state index contributed by atoms with van der Waals surface area (Å²) < 4.78 is 32.1. The summed E-state index contributed by atoms with van der Waals surface area (Å²) in [7, 11) is 0. The highest BCUT2D eigenvalue weighted by atomic mass is 19.3. The van der Waals surface area contributed by atoms with E-state index in [0.717, 1.165) is 6.42 Å². The molecule has 0 amide bonds. The van der Waals surface area contributed by atoms with E-state index in [2.05, 4.69) is 20.4 Å². The van der Waals surface area contributed by atoms with Crippen LogP contribution in [0.4, 0.5) is 8.78 Å². The Kier molecular flexibility index (Phi) is 5.25. The first-order chi connectivity index (χ1) is 10.8. The van der Waals surface area contributed by atoms with E-state index in [4.69, 9.17) is 10.5 Å². The van der Waals surface area contributed by atoms with Crippen LogP contribution in [0.15, 0.2) is 18.5 Å². The van der Waals surface area contributed by atoms with Crippen molar-refractivity contribution in [1.82, 2.24) is 20.4 Å². The van der Waals surface area contributed by atoms with Gasteiger partial charge in [-0.25, -0.2) is 8.78 Å². The molecular weight excluding hydrogens is 304 g/mol. The molecule has 2 rings (SSSR count). The first-order valence-electron chi connectivity index (χ1n) is 7.34. The number of alkyl halides is 2. The van der Waals surface area contributed by atoms with E-state index < -0.39 is 12.0 Å². The summed E-state index contributed by atoms with van der Waals surface area (Å²) >= 11 is 0. The van der Waals surface area contributed by atoms with Crippen molar-refractivity contribution in [3.05, 3.63) is 24.0 Å². The van der Waals surface area contributed by atoms with Crippen LogP contribution >= 0.6 is 0 Å². The normalized spacial score (nSPS) is 14.3. The number of pyridine rings is 1. The van der Waals surface area contributed by atoms with Gasteiger partial charge < -0.3 is 10.5 Å². The van der Waals surface area contributed by atoms with Gasteiger partial charge in [0.25, 0.3) is 6.43 Å². The largest absolute Gasteiger partial charge is 0.490 e. The number of nitrogens with zero attached hydrogens (tertiary/aromatic N) is 3. The summed E-state index contributed by atoms with van der Waals surface area (Å²) in [5.41, 5.74) is 6.00. The summed E-state index contributed by atoms with van der Waals surface area (Å²) in [5, 5.41) is 9.89. The van der Waals surface area contributed by atoms with E-state index >= 15 is 0 Å². The molecule has 2 aromatic heterocycles. The van der Waals surface area contributed by atoms with Crippen LogP contribution in [0.5, 0.6) is 5.75 Å². The molecule has 0 aliphatic rings. The third kappa shape index (κ3) is 4.69. The molecule has 0 fully saturated rings. The molecule has 8 heteroatoms. The SMILES string of the molecule is CC(C)C[C@](C)(N)COc1cnc(-c2cn[nH]n2)cc1C(F)F. The van der Waals surface area contributed by atoms with Crippen molar-refractivity contribution in [2.45, 2.75) is 39.2 Å². The highest BCUT2D eigenvalue weighted by molar-refractivity contribution is 5.55. The highest BCUT2D eigenvalue weighted by Gasteiger charge is 2.23. The molecule has 2 aromatic rings. The zero-order valence-corrected chi connectivity index (χ0v) is 13.4. The summed E-state index contributed by atoms with van der Waals surface area (Å²) in [6.07, 6.45) is 0.726. The molecular formula is C15H21F2N5O. The van der Waals surface area contributed by atoms with Crippen LogP contribution in [-0.2, 0) is 0 Å². The first kappa shape index (κ1) is 17.3. The van der Waals surface area contributed by atoms with Crippen molar-refractivity contribution in [3.63, 3.8) is 0 Å². The summed E-state index contributed by atoms with van der Waals surface area (Å²) in [6.45, 7) is 6.07. The molecule has 6 nitrogen and oxygen atoms in total. The van der Waals surface area contributed by atoms with Gasteiger partial charge in [0.05, 0.1) is 23.7 Å². The molecule has 0 saturated carbocycles. The molecule has 126 valence electrons. The average molecular weight is 325 g/mol. The van der Waals surface area contributed by atoms with Gasteiger partial charge in [-0.15, -0.1) is 0 Å². The number of hydrogen-bond acceptors (Lipinski definition) is 5. The van der Waals surface area contributed by atoms with Gasteiger partial charge in [-0.1, -0.05) is 13.8 Å². The number of ether oxygens (including phenoxy) is 1. The number of H-pyrrole nitrogens is 1. The average Bonchev–Trinajstić information content (AvgIpc) is 2.97. The molecule has 0 unspecified atom stereocenters. The zero-order valence-electron chi connectivity index (χ0n) is 13.4. The van der Waals surface area contributed by atoms with Gasteiger partial charge in [0, 0.05) is 5.54 Å². The van der Waals surface area contributed by atoms with Gasteiger partial charge >= 0.3 is 0 Å². The molecule has 0 aliphatic heterocycles. The molecule has 0 radical (unpaired) electrons. The maximum atomic E-state index is 13.3. The Morgan fingerprint density at radius 1 is 1.30 bits per heavy atom. The zero-order chi connectivity index (χ0) is 17.0. The van der Waals surface area contributed by atoms with E-state index in [1.807, 2.05) is 20.8 Å². The quantitative estimate of drug-likeness (QED) is 0.817. The Labute approximate surface area is 133 Å². The molecule has 0 aromatic carbocycles. The van der Waals surface area contributed by atoms with Gasteiger partial charge in [-0.3, -0.25) is 4.98 Å². The molecule has 2 heterocycles. The number of nitrogens with two attached hydrogens (primary N) is 1. The molecule has 3 N–H and O–H groups in total. The lowest BCUT2D eigenvalue weighted by atomic mass is 9.93. The van der Waals surface area contributed by atoms with Gasteiger partial charge in [-0.05, 0) is 25.3 Å². The van der Waals surface area contributed by atoms with Crippen LogP contribution in [0.3, 0.4) is 0 Å². The third-order valence-electron chi connectivity index (χ3n) is 3.24. The fourth-order valence-corrected chi connectivity index (χ4v) is 2.45. The smallest absolute Gasteiger partial charge is 0.267 e. The van der Waals surface area contributed by atoms with Gasteiger partial charge in [0.15, 0.2) is 0 Å². The lowest BCUT2D eigenvalue weighted by Gasteiger charge is -2.27. The van der Waals surface area contributed by atoms with Crippen molar-refractivity contribution in [2.75, 3.05) is 6.61 Å². The van der Waals surface area contributed by atoms with E-state index in [9.17, 15) is 8.78 Å². The monoisotopic (exact) mass is 325 g/mol. The van der Waals surface area contributed by atoms with Crippen LogP contribution in [0.1, 0.15) is 39.2 Å². The van der Waals surface area contributed by atoms with Gasteiger partial charge in [0.1, 0.15) is 18.1 Å². The van der Waals surface area contributed by atoms with Gasteiger partial charge in [0.2, 0.25) is 0 Å². The molecule has 0 bridgehead atoms. The Morgan fingerprint density at radius 2 is 2.04 bits per heavy atom. The number of halogens is 2. The fraction of sp³-hybridized carbons (Fsp3) is 0.533. The Hall–Kier alpha value is -2.09. The minimum atomic E-state index is -2.69.